The van der Waals surface area contributed by atoms with Crippen molar-refractivity contribution in [2.24, 2.45) is 0 Å². The van der Waals surface area contributed by atoms with Gasteiger partial charge in [-0.2, -0.15) is 0 Å². The molecule has 5 nitrogen and oxygen atoms in total. The fourth-order valence-electron chi connectivity index (χ4n) is 1.87. The van der Waals surface area contributed by atoms with Crippen LogP contribution in [0.4, 0.5) is 0 Å². The Morgan fingerprint density at radius 3 is 2.80 bits per heavy atom. The molecular formula is C10H9NO4. The van der Waals surface area contributed by atoms with Gasteiger partial charge >= 0.3 is 0 Å². The summed E-state index contributed by atoms with van der Waals surface area (Å²) in [6.07, 6.45) is -0.887. The van der Waals surface area contributed by atoms with Crippen molar-refractivity contribution in [2.45, 2.75) is 6.23 Å². The molecule has 0 aliphatic carbocycles. The molecule has 0 spiro atoms. The molecule has 2 aliphatic rings. The first kappa shape index (κ1) is 8.55. The first-order chi connectivity index (χ1) is 7.18. The Balaban J connectivity index is 2.20. The minimum Gasteiger partial charge on any atom is -0.454 e. The van der Waals surface area contributed by atoms with E-state index in [-0.39, 0.29) is 12.7 Å². The minimum absolute atomic E-state index is 0.165. The molecule has 1 aromatic rings. The van der Waals surface area contributed by atoms with Crippen LogP contribution in [0.15, 0.2) is 12.1 Å². The lowest BCUT2D eigenvalue weighted by atomic mass is 10.1. The molecule has 15 heavy (non-hydrogen) atoms. The highest BCUT2D eigenvalue weighted by atomic mass is 16.7. The highest BCUT2D eigenvalue weighted by Gasteiger charge is 2.35. The summed E-state index contributed by atoms with van der Waals surface area (Å²) in [5, 5.41) is 9.76. The normalized spacial score (nSPS) is 22.1. The number of benzene rings is 1. The lowest BCUT2D eigenvalue weighted by Gasteiger charge is -2.13. The molecule has 1 aromatic carbocycles. The third-order valence-corrected chi connectivity index (χ3v) is 2.74. The maximum absolute atomic E-state index is 11.7. The van der Waals surface area contributed by atoms with Crippen LogP contribution in [-0.4, -0.2) is 29.8 Å². The van der Waals surface area contributed by atoms with Crippen LogP contribution < -0.4 is 9.47 Å². The van der Waals surface area contributed by atoms with Crippen molar-refractivity contribution in [2.75, 3.05) is 13.8 Å². The summed E-state index contributed by atoms with van der Waals surface area (Å²) in [5.74, 6) is 0.941. The number of ether oxygens (including phenoxy) is 2. The molecule has 1 amide bonds. The van der Waals surface area contributed by atoms with E-state index in [0.717, 1.165) is 0 Å². The second kappa shape index (κ2) is 2.64. The average molecular weight is 207 g/mol. The number of aliphatic hydroxyl groups excluding tert-OH is 1. The van der Waals surface area contributed by atoms with Gasteiger partial charge in [0.1, 0.15) is 0 Å². The second-order valence-electron chi connectivity index (χ2n) is 3.58. The van der Waals surface area contributed by atoms with Gasteiger partial charge in [-0.05, 0) is 12.1 Å². The Labute approximate surface area is 85.8 Å². The number of aliphatic hydroxyl groups is 1. The van der Waals surface area contributed by atoms with E-state index in [1.165, 1.54) is 4.90 Å². The fourth-order valence-corrected chi connectivity index (χ4v) is 1.87. The molecule has 0 aromatic heterocycles. The molecule has 78 valence electrons. The van der Waals surface area contributed by atoms with Crippen molar-refractivity contribution in [3.05, 3.63) is 23.3 Å². The number of rotatable bonds is 0. The molecule has 1 N–H and O–H groups in total. The summed E-state index contributed by atoms with van der Waals surface area (Å²) in [4.78, 5) is 13.0. The smallest absolute Gasteiger partial charge is 0.256 e. The van der Waals surface area contributed by atoms with Crippen LogP contribution in [0, 0.1) is 0 Å². The van der Waals surface area contributed by atoms with Crippen molar-refractivity contribution < 1.29 is 19.4 Å². The second-order valence-corrected chi connectivity index (χ2v) is 3.58. The van der Waals surface area contributed by atoms with E-state index in [0.29, 0.717) is 22.6 Å². The maximum Gasteiger partial charge on any atom is 0.256 e. The summed E-state index contributed by atoms with van der Waals surface area (Å²) in [6, 6.07) is 3.27. The summed E-state index contributed by atoms with van der Waals surface area (Å²) in [5.41, 5.74) is 1.06. The topological polar surface area (TPSA) is 59.0 Å². The van der Waals surface area contributed by atoms with Crippen molar-refractivity contribution in [3.63, 3.8) is 0 Å². The molecule has 3 rings (SSSR count). The van der Waals surface area contributed by atoms with Gasteiger partial charge in [0.25, 0.3) is 5.91 Å². The largest absolute Gasteiger partial charge is 0.454 e. The molecule has 1 atom stereocenters. The minimum atomic E-state index is -0.887. The van der Waals surface area contributed by atoms with Crippen LogP contribution >= 0.6 is 0 Å². The lowest BCUT2D eigenvalue weighted by molar-refractivity contribution is 0.0300. The molecule has 1 unspecified atom stereocenters. The summed E-state index contributed by atoms with van der Waals surface area (Å²) >= 11 is 0. The van der Waals surface area contributed by atoms with Crippen LogP contribution in [0.25, 0.3) is 0 Å². The summed E-state index contributed by atoms with van der Waals surface area (Å²) < 4.78 is 10.3. The number of nitrogens with zero attached hydrogens (tertiary/aromatic N) is 1. The van der Waals surface area contributed by atoms with E-state index >= 15 is 0 Å². The third kappa shape index (κ3) is 0.979. The number of carbonyl (C=O) groups is 1. The number of carbonyl (C=O) groups excluding carboxylic acids is 1. The fraction of sp³-hybridized carbons (Fsp3) is 0.300. The van der Waals surface area contributed by atoms with Gasteiger partial charge in [-0.1, -0.05) is 0 Å². The number of fused-ring (bicyclic) bond motifs is 2. The molecule has 0 fully saturated rings. The zero-order valence-corrected chi connectivity index (χ0v) is 8.06. The molecule has 5 heteroatoms. The van der Waals surface area contributed by atoms with E-state index in [2.05, 4.69) is 0 Å². The summed E-state index contributed by atoms with van der Waals surface area (Å²) in [7, 11) is 1.56. The Morgan fingerprint density at radius 2 is 2.07 bits per heavy atom. The zero-order valence-electron chi connectivity index (χ0n) is 8.06. The van der Waals surface area contributed by atoms with Gasteiger partial charge in [0.2, 0.25) is 6.79 Å². The number of amides is 1. The Morgan fingerprint density at radius 1 is 1.40 bits per heavy atom. The van der Waals surface area contributed by atoms with Gasteiger partial charge in [0.05, 0.1) is 5.56 Å². The third-order valence-electron chi connectivity index (χ3n) is 2.74. The molecule has 2 aliphatic heterocycles. The molecule has 0 saturated carbocycles. The molecular weight excluding hydrogens is 198 g/mol. The molecule has 0 saturated heterocycles. The van der Waals surface area contributed by atoms with E-state index in [1.807, 2.05) is 0 Å². The van der Waals surface area contributed by atoms with Crippen molar-refractivity contribution >= 4 is 5.91 Å². The van der Waals surface area contributed by atoms with Gasteiger partial charge in [0.15, 0.2) is 17.7 Å². The van der Waals surface area contributed by atoms with E-state index in [4.69, 9.17) is 9.47 Å². The number of hydrogen-bond donors (Lipinski definition) is 1. The molecule has 0 bridgehead atoms. The van der Waals surface area contributed by atoms with Crippen LogP contribution in [0.5, 0.6) is 11.5 Å². The molecule has 2 heterocycles. The standard InChI is InChI=1S/C10H9NO4/c1-11-9(12)5-2-7-8(15-4-14-7)3-6(5)10(11)13/h2-3,9,12H,4H2,1H3. The maximum atomic E-state index is 11.7. The quantitative estimate of drug-likeness (QED) is 0.672. The predicted molar refractivity (Wildman–Crippen MR) is 49.6 cm³/mol. The van der Waals surface area contributed by atoms with Gasteiger partial charge < -0.3 is 19.5 Å². The Hall–Kier alpha value is -1.75. The first-order valence-electron chi connectivity index (χ1n) is 4.57. The highest BCUT2D eigenvalue weighted by Crippen LogP contribution is 2.40. The van der Waals surface area contributed by atoms with Gasteiger partial charge in [0, 0.05) is 12.6 Å². The van der Waals surface area contributed by atoms with Crippen LogP contribution in [-0.2, 0) is 0 Å². The SMILES string of the molecule is CN1C(=O)c2cc3c(cc2C1O)OCO3. The Bertz CT molecular complexity index is 457. The van der Waals surface area contributed by atoms with Crippen molar-refractivity contribution in [1.29, 1.82) is 0 Å². The van der Waals surface area contributed by atoms with Gasteiger partial charge in [-0.3, -0.25) is 4.79 Å². The highest BCUT2D eigenvalue weighted by molar-refractivity contribution is 5.99. The van der Waals surface area contributed by atoms with Gasteiger partial charge in [-0.25, -0.2) is 0 Å². The predicted octanol–water partition coefficient (Wildman–Crippen LogP) is 0.492. The van der Waals surface area contributed by atoms with E-state index in [9.17, 15) is 9.90 Å². The van der Waals surface area contributed by atoms with Gasteiger partial charge in [-0.15, -0.1) is 0 Å². The van der Waals surface area contributed by atoms with Crippen LogP contribution in [0.1, 0.15) is 22.1 Å². The first-order valence-corrected chi connectivity index (χ1v) is 4.57. The van der Waals surface area contributed by atoms with Crippen molar-refractivity contribution in [3.8, 4) is 11.5 Å². The lowest BCUT2D eigenvalue weighted by Crippen LogP contribution is -2.22. The number of hydrogen-bond acceptors (Lipinski definition) is 4. The van der Waals surface area contributed by atoms with E-state index < -0.39 is 6.23 Å². The molecule has 0 radical (unpaired) electrons. The average Bonchev–Trinajstić information content (AvgIpc) is 2.77. The van der Waals surface area contributed by atoms with Crippen molar-refractivity contribution in [1.82, 2.24) is 4.90 Å². The monoisotopic (exact) mass is 207 g/mol. The zero-order chi connectivity index (χ0) is 10.6. The van der Waals surface area contributed by atoms with Crippen LogP contribution in [0.2, 0.25) is 0 Å². The summed E-state index contributed by atoms with van der Waals surface area (Å²) in [6.45, 7) is 0.165. The Kier molecular flexibility index (Phi) is 1.50. The van der Waals surface area contributed by atoms with Crippen LogP contribution in [0.3, 0.4) is 0 Å². The van der Waals surface area contributed by atoms with E-state index in [1.54, 1.807) is 19.2 Å².